The van der Waals surface area contributed by atoms with E-state index < -0.39 is 6.10 Å². The monoisotopic (exact) mass is 381 g/mol. The number of nitrogens with one attached hydrogen (secondary N) is 1. The first-order valence-electron chi connectivity index (χ1n) is 10.5. The van der Waals surface area contributed by atoms with E-state index in [1.807, 2.05) is 0 Å². The van der Waals surface area contributed by atoms with Gasteiger partial charge >= 0.3 is 0 Å². The number of benzene rings is 2. The van der Waals surface area contributed by atoms with Gasteiger partial charge in [0.2, 0.25) is 0 Å². The smallest absolute Gasteiger partial charge is 0.123 e. The van der Waals surface area contributed by atoms with Crippen molar-refractivity contribution in [3.8, 4) is 0 Å². The van der Waals surface area contributed by atoms with Gasteiger partial charge in [-0.1, -0.05) is 24.3 Å². The first-order chi connectivity index (χ1) is 13.7. The van der Waals surface area contributed by atoms with Crippen LogP contribution < -0.4 is 10.2 Å². The number of rotatable bonds is 5. The molecule has 1 unspecified atom stereocenters. The van der Waals surface area contributed by atoms with Gasteiger partial charge in [-0.3, -0.25) is 0 Å². The highest BCUT2D eigenvalue weighted by Crippen LogP contribution is 2.49. The molecule has 2 aromatic carbocycles. The van der Waals surface area contributed by atoms with Crippen molar-refractivity contribution >= 4 is 11.4 Å². The minimum absolute atomic E-state index is 0.257. The number of halogens is 1. The van der Waals surface area contributed by atoms with E-state index in [-0.39, 0.29) is 5.82 Å². The molecule has 3 heterocycles. The molecule has 1 fully saturated rings. The van der Waals surface area contributed by atoms with Crippen molar-refractivity contribution in [2.75, 3.05) is 42.9 Å². The van der Waals surface area contributed by atoms with Crippen molar-refractivity contribution in [2.24, 2.45) is 0 Å². The summed E-state index contributed by atoms with van der Waals surface area (Å²) in [5, 5.41) is 13.9. The molecule has 0 bridgehead atoms. The lowest BCUT2D eigenvalue weighted by Crippen LogP contribution is -2.48. The molecule has 148 valence electrons. The standard InChI is InChI=1S/C23H28FN3O/c24-17-8-6-16(7-9-17)22(28)5-2-12-26-13-10-21-19(15-26)18-3-1-4-20-23(18)27(21)14-11-25-20/h1,3-4,6-9,19,21-22,25,28H,2,5,10-15H2/t19-,21-,22?/m0/s1. The summed E-state index contributed by atoms with van der Waals surface area (Å²) in [5.74, 6) is 0.331. The van der Waals surface area contributed by atoms with Crippen LogP contribution >= 0.6 is 0 Å². The zero-order valence-electron chi connectivity index (χ0n) is 16.1. The van der Waals surface area contributed by atoms with Gasteiger partial charge in [-0.2, -0.15) is 0 Å². The minimum atomic E-state index is -0.511. The van der Waals surface area contributed by atoms with Gasteiger partial charge in [0.05, 0.1) is 17.5 Å². The number of nitrogens with zero attached hydrogens (tertiary/aromatic N) is 2. The van der Waals surface area contributed by atoms with E-state index in [1.54, 1.807) is 12.1 Å². The number of fused-ring (bicyclic) bond motifs is 3. The van der Waals surface area contributed by atoms with Crippen molar-refractivity contribution in [3.63, 3.8) is 0 Å². The largest absolute Gasteiger partial charge is 0.388 e. The molecule has 5 rings (SSSR count). The summed E-state index contributed by atoms with van der Waals surface area (Å²) in [4.78, 5) is 5.20. The van der Waals surface area contributed by atoms with Crippen LogP contribution in [0.25, 0.3) is 0 Å². The number of anilines is 2. The molecule has 0 radical (unpaired) electrons. The van der Waals surface area contributed by atoms with Gasteiger partial charge in [0.1, 0.15) is 5.82 Å². The predicted octanol–water partition coefficient (Wildman–Crippen LogP) is 3.74. The second kappa shape index (κ2) is 7.37. The molecule has 28 heavy (non-hydrogen) atoms. The molecule has 5 heteroatoms. The average molecular weight is 381 g/mol. The molecule has 0 spiro atoms. The van der Waals surface area contributed by atoms with E-state index in [1.165, 1.54) is 35.5 Å². The highest BCUT2D eigenvalue weighted by atomic mass is 19.1. The lowest BCUT2D eigenvalue weighted by molar-refractivity contribution is 0.144. The molecule has 4 nitrogen and oxygen atoms in total. The topological polar surface area (TPSA) is 38.7 Å². The van der Waals surface area contributed by atoms with Gasteiger partial charge in [0.15, 0.2) is 0 Å². The lowest BCUT2D eigenvalue weighted by Gasteiger charge is -2.40. The summed E-state index contributed by atoms with van der Waals surface area (Å²) < 4.78 is 13.0. The fourth-order valence-electron chi connectivity index (χ4n) is 5.33. The summed E-state index contributed by atoms with van der Waals surface area (Å²) in [6.07, 6.45) is 2.36. The average Bonchev–Trinajstić information content (AvgIpc) is 3.04. The first-order valence-corrected chi connectivity index (χ1v) is 10.5. The maximum atomic E-state index is 13.0. The number of hydrogen-bond acceptors (Lipinski definition) is 4. The number of likely N-dealkylation sites (tertiary alicyclic amines) is 1. The molecule has 3 aliphatic heterocycles. The van der Waals surface area contributed by atoms with E-state index in [4.69, 9.17) is 0 Å². The summed E-state index contributed by atoms with van der Waals surface area (Å²) in [6.45, 7) is 5.37. The highest BCUT2D eigenvalue weighted by molar-refractivity contribution is 5.80. The van der Waals surface area contributed by atoms with Crippen molar-refractivity contribution < 1.29 is 9.50 Å². The van der Waals surface area contributed by atoms with Gasteiger partial charge < -0.3 is 20.2 Å². The summed E-state index contributed by atoms with van der Waals surface area (Å²) in [7, 11) is 0. The molecule has 3 atom stereocenters. The van der Waals surface area contributed by atoms with E-state index in [2.05, 4.69) is 33.3 Å². The van der Waals surface area contributed by atoms with Crippen LogP contribution in [-0.4, -0.2) is 48.8 Å². The molecule has 0 aromatic heterocycles. The molecule has 0 saturated carbocycles. The van der Waals surface area contributed by atoms with E-state index in [0.29, 0.717) is 18.4 Å². The van der Waals surface area contributed by atoms with Crippen molar-refractivity contribution in [1.82, 2.24) is 4.90 Å². The fraction of sp³-hybridized carbons (Fsp3) is 0.478. The molecular weight excluding hydrogens is 353 g/mol. The Morgan fingerprint density at radius 3 is 2.86 bits per heavy atom. The van der Waals surface area contributed by atoms with E-state index in [9.17, 15) is 9.50 Å². The lowest BCUT2D eigenvalue weighted by atomic mass is 9.89. The van der Waals surface area contributed by atoms with Crippen LogP contribution in [0, 0.1) is 5.82 Å². The normalized spacial score (nSPS) is 24.4. The Hall–Kier alpha value is -2.11. The third-order valence-corrected chi connectivity index (χ3v) is 6.69. The Morgan fingerprint density at radius 1 is 1.14 bits per heavy atom. The minimum Gasteiger partial charge on any atom is -0.388 e. The highest BCUT2D eigenvalue weighted by Gasteiger charge is 2.43. The van der Waals surface area contributed by atoms with Crippen molar-refractivity contribution in [1.29, 1.82) is 0 Å². The van der Waals surface area contributed by atoms with E-state index in [0.717, 1.165) is 44.7 Å². The number of aliphatic hydroxyl groups is 1. The van der Waals surface area contributed by atoms with Crippen molar-refractivity contribution in [3.05, 3.63) is 59.4 Å². The quantitative estimate of drug-likeness (QED) is 0.828. The van der Waals surface area contributed by atoms with Crippen molar-refractivity contribution in [2.45, 2.75) is 37.3 Å². The van der Waals surface area contributed by atoms with Gasteiger partial charge in [0, 0.05) is 38.1 Å². The van der Waals surface area contributed by atoms with Crippen LogP contribution in [0.1, 0.15) is 42.4 Å². The summed E-state index contributed by atoms with van der Waals surface area (Å²) >= 11 is 0. The molecule has 2 N–H and O–H groups in total. The van der Waals surface area contributed by atoms with Crippen LogP contribution in [0.3, 0.4) is 0 Å². The number of aliphatic hydroxyl groups excluding tert-OH is 1. The zero-order valence-corrected chi connectivity index (χ0v) is 16.1. The number of para-hydroxylation sites is 1. The second-order valence-corrected chi connectivity index (χ2v) is 8.34. The van der Waals surface area contributed by atoms with Crippen LogP contribution in [-0.2, 0) is 0 Å². The van der Waals surface area contributed by atoms with Crippen LogP contribution in [0.5, 0.6) is 0 Å². The fourth-order valence-corrected chi connectivity index (χ4v) is 5.33. The van der Waals surface area contributed by atoms with Crippen LogP contribution in [0.4, 0.5) is 15.8 Å². The molecule has 1 saturated heterocycles. The molecule has 0 aliphatic carbocycles. The van der Waals surface area contributed by atoms with Gasteiger partial charge in [0.25, 0.3) is 0 Å². The Morgan fingerprint density at radius 2 is 2.00 bits per heavy atom. The third-order valence-electron chi connectivity index (χ3n) is 6.69. The maximum Gasteiger partial charge on any atom is 0.123 e. The third kappa shape index (κ3) is 3.16. The first kappa shape index (κ1) is 18.0. The van der Waals surface area contributed by atoms with Gasteiger partial charge in [-0.15, -0.1) is 0 Å². The number of hydrogen-bond donors (Lipinski definition) is 2. The van der Waals surface area contributed by atoms with Gasteiger partial charge in [-0.25, -0.2) is 4.39 Å². The number of piperidine rings is 1. The molecule has 0 amide bonds. The van der Waals surface area contributed by atoms with E-state index >= 15 is 0 Å². The van der Waals surface area contributed by atoms with Crippen LogP contribution in [0.15, 0.2) is 42.5 Å². The van der Waals surface area contributed by atoms with Crippen LogP contribution in [0.2, 0.25) is 0 Å². The SMILES string of the molecule is OC(CCCN1CC[C@H]2[C@@H](C1)c1cccc3c1N2CCN3)c1ccc(F)cc1. The molecule has 3 aliphatic rings. The Bertz CT molecular complexity index is 840. The summed E-state index contributed by atoms with van der Waals surface area (Å²) in [6, 6.07) is 13.5. The molecule has 2 aromatic rings. The second-order valence-electron chi connectivity index (χ2n) is 8.34. The Balaban J connectivity index is 1.20. The predicted molar refractivity (Wildman–Crippen MR) is 110 cm³/mol. The van der Waals surface area contributed by atoms with Gasteiger partial charge in [-0.05, 0) is 55.1 Å². The maximum absolute atomic E-state index is 13.0. The molecular formula is C23H28FN3O. The Kier molecular flexibility index (Phi) is 4.73. The zero-order chi connectivity index (χ0) is 19.1. The Labute approximate surface area is 166 Å². The summed E-state index contributed by atoms with van der Waals surface area (Å²) in [5.41, 5.74) is 5.05.